The second kappa shape index (κ2) is 14.9. The molecule has 25 heavy (non-hydrogen) atoms. The van der Waals surface area contributed by atoms with Gasteiger partial charge in [-0.25, -0.2) is 0 Å². The van der Waals surface area contributed by atoms with E-state index in [0.717, 1.165) is 25.3 Å². The van der Waals surface area contributed by atoms with E-state index in [4.69, 9.17) is 14.2 Å². The fourth-order valence-corrected chi connectivity index (χ4v) is 2.52. The van der Waals surface area contributed by atoms with Gasteiger partial charge >= 0.3 is 5.97 Å². The minimum atomic E-state index is -0.973. The van der Waals surface area contributed by atoms with Crippen LogP contribution in [-0.2, 0) is 28.6 Å². The van der Waals surface area contributed by atoms with Crippen LogP contribution in [0, 0.1) is 0 Å². The number of esters is 1. The smallest absolute Gasteiger partial charge is 0.302 e. The molecule has 0 aliphatic heterocycles. The lowest BCUT2D eigenvalue weighted by Gasteiger charge is -2.32. The number of carbonyl (C=O) groups excluding carboxylic acids is 3. The topological polar surface area (TPSA) is 106 Å². The first kappa shape index (κ1) is 23.6. The van der Waals surface area contributed by atoms with Crippen LogP contribution >= 0.6 is 11.9 Å². The predicted molar refractivity (Wildman–Crippen MR) is 95.0 cm³/mol. The molecule has 0 amide bonds. The molecular formula is C15H29N3O6S. The number of nitrogens with one attached hydrogen (secondary N) is 2. The van der Waals surface area contributed by atoms with Crippen LogP contribution in [0.4, 0.5) is 0 Å². The lowest BCUT2D eigenvalue weighted by molar-refractivity contribution is -0.148. The van der Waals surface area contributed by atoms with Gasteiger partial charge in [-0.05, 0) is 27.1 Å². The largest absolute Gasteiger partial charge is 0.466 e. The Hall–Kier alpha value is -1.36. The highest BCUT2D eigenvalue weighted by Crippen LogP contribution is 2.09. The van der Waals surface area contributed by atoms with Gasteiger partial charge in [-0.15, -0.1) is 0 Å². The van der Waals surface area contributed by atoms with Crippen LogP contribution in [0.1, 0.15) is 13.3 Å². The van der Waals surface area contributed by atoms with Crippen molar-refractivity contribution in [2.24, 2.45) is 0 Å². The molecule has 0 bridgehead atoms. The number of ether oxygens (including phenoxy) is 3. The molecule has 0 aromatic rings. The number of nitrogens with zero attached hydrogens (tertiary/aromatic N) is 1. The average Bonchev–Trinajstić information content (AvgIpc) is 2.57. The maximum atomic E-state index is 11.1. The highest BCUT2D eigenvalue weighted by Gasteiger charge is 2.33. The minimum Gasteiger partial charge on any atom is -0.466 e. The van der Waals surface area contributed by atoms with Gasteiger partial charge < -0.3 is 24.4 Å². The molecule has 0 saturated heterocycles. The summed E-state index contributed by atoms with van der Waals surface area (Å²) in [5, 5.41) is 3.15. The number of hydrogen-bond acceptors (Lipinski definition) is 10. The Kier molecular flexibility index (Phi) is 14.1. The van der Waals surface area contributed by atoms with E-state index >= 15 is 0 Å². The van der Waals surface area contributed by atoms with Crippen molar-refractivity contribution in [2.75, 3.05) is 59.3 Å². The predicted octanol–water partition coefficient (Wildman–Crippen LogP) is -0.587. The third kappa shape index (κ3) is 13.6. The van der Waals surface area contributed by atoms with Crippen LogP contribution in [-0.4, -0.2) is 88.7 Å². The third-order valence-electron chi connectivity index (χ3n) is 3.10. The van der Waals surface area contributed by atoms with Gasteiger partial charge in [0.15, 0.2) is 0 Å². The highest BCUT2D eigenvalue weighted by molar-refractivity contribution is 7.97. The Morgan fingerprint density at radius 2 is 1.76 bits per heavy atom. The maximum Gasteiger partial charge on any atom is 0.302 e. The summed E-state index contributed by atoms with van der Waals surface area (Å²) >= 11 is 1.56. The molecule has 0 aliphatic rings. The van der Waals surface area contributed by atoms with Crippen LogP contribution in [0.5, 0.6) is 0 Å². The molecule has 0 spiro atoms. The summed E-state index contributed by atoms with van der Waals surface area (Å²) in [6.07, 6.45) is 1.05. The molecule has 9 nitrogen and oxygen atoms in total. The fraction of sp³-hybridized carbons (Fsp3) is 0.800. The fourth-order valence-electron chi connectivity index (χ4n) is 1.88. The zero-order valence-electron chi connectivity index (χ0n) is 15.1. The van der Waals surface area contributed by atoms with Crippen molar-refractivity contribution in [3.05, 3.63) is 0 Å². The molecule has 0 fully saturated rings. The average molecular weight is 379 g/mol. The van der Waals surface area contributed by atoms with Crippen molar-refractivity contribution < 1.29 is 28.6 Å². The summed E-state index contributed by atoms with van der Waals surface area (Å²) in [4.78, 5) is 34.2. The van der Waals surface area contributed by atoms with Gasteiger partial charge in [0.05, 0.1) is 0 Å². The molecule has 0 unspecified atom stereocenters. The minimum absolute atomic E-state index is 0.0784. The summed E-state index contributed by atoms with van der Waals surface area (Å²) in [5.41, 5.74) is -0.973. The maximum absolute atomic E-state index is 11.1. The quantitative estimate of drug-likeness (QED) is 0.112. The van der Waals surface area contributed by atoms with E-state index < -0.39 is 11.5 Å². The Balaban J connectivity index is 4.31. The zero-order valence-corrected chi connectivity index (χ0v) is 15.9. The van der Waals surface area contributed by atoms with Gasteiger partial charge in [-0.2, -0.15) is 0 Å². The van der Waals surface area contributed by atoms with E-state index in [1.165, 1.54) is 6.92 Å². The summed E-state index contributed by atoms with van der Waals surface area (Å²) in [6.45, 7) is 4.07. The molecule has 0 atom stereocenters. The first-order valence-corrected chi connectivity index (χ1v) is 8.92. The van der Waals surface area contributed by atoms with E-state index in [1.54, 1.807) is 11.9 Å². The third-order valence-corrected chi connectivity index (χ3v) is 3.91. The second-order valence-corrected chi connectivity index (χ2v) is 6.69. The van der Waals surface area contributed by atoms with Gasteiger partial charge in [-0.1, -0.05) is 11.9 Å². The van der Waals surface area contributed by atoms with Crippen LogP contribution < -0.4 is 10.0 Å². The normalized spacial score (nSPS) is 11.2. The molecule has 0 heterocycles. The highest BCUT2D eigenvalue weighted by atomic mass is 32.2. The van der Waals surface area contributed by atoms with Crippen molar-refractivity contribution >= 4 is 30.9 Å². The van der Waals surface area contributed by atoms with Crippen LogP contribution in [0.15, 0.2) is 0 Å². The van der Waals surface area contributed by atoms with Crippen molar-refractivity contribution in [1.82, 2.24) is 14.9 Å². The molecule has 0 saturated carbocycles. The molecule has 0 radical (unpaired) electrons. The monoisotopic (exact) mass is 379 g/mol. The van der Waals surface area contributed by atoms with Gasteiger partial charge in [0, 0.05) is 25.8 Å². The van der Waals surface area contributed by atoms with Crippen LogP contribution in [0.2, 0.25) is 0 Å². The van der Waals surface area contributed by atoms with Crippen molar-refractivity contribution in [1.29, 1.82) is 0 Å². The van der Waals surface area contributed by atoms with Gasteiger partial charge in [-0.3, -0.25) is 19.1 Å². The first-order valence-electron chi connectivity index (χ1n) is 7.94. The van der Waals surface area contributed by atoms with E-state index in [-0.39, 0.29) is 19.8 Å². The summed E-state index contributed by atoms with van der Waals surface area (Å²) in [5.74, 6) is 0.256. The zero-order chi connectivity index (χ0) is 19.0. The molecule has 146 valence electrons. The summed E-state index contributed by atoms with van der Waals surface area (Å²) in [6, 6.07) is 0. The molecule has 0 rings (SSSR count). The molecule has 2 N–H and O–H groups in total. The summed E-state index contributed by atoms with van der Waals surface area (Å²) < 4.78 is 17.9. The van der Waals surface area contributed by atoms with Gasteiger partial charge in [0.1, 0.15) is 25.4 Å². The first-order chi connectivity index (χ1) is 12.0. The second-order valence-electron chi connectivity index (χ2n) is 5.70. The molecule has 10 heteroatoms. The molecule has 0 aromatic carbocycles. The number of rotatable bonds is 17. The van der Waals surface area contributed by atoms with Gasteiger partial charge in [0.25, 0.3) is 12.9 Å². The van der Waals surface area contributed by atoms with Crippen molar-refractivity contribution in [2.45, 2.75) is 18.9 Å². The van der Waals surface area contributed by atoms with E-state index in [9.17, 15) is 14.4 Å². The Morgan fingerprint density at radius 1 is 1.12 bits per heavy atom. The van der Waals surface area contributed by atoms with E-state index in [0.29, 0.717) is 19.5 Å². The van der Waals surface area contributed by atoms with Crippen molar-refractivity contribution in [3.8, 4) is 0 Å². The SMILES string of the molecule is CC(=O)OCC(COC=O)(COC=O)NCCSNCCCN(C)C. The number of carbonyl (C=O) groups is 3. The Bertz CT molecular complexity index is 372. The Morgan fingerprint density at radius 3 is 2.28 bits per heavy atom. The van der Waals surface area contributed by atoms with Gasteiger partial charge in [0.2, 0.25) is 0 Å². The molecular weight excluding hydrogens is 350 g/mol. The molecule has 0 aliphatic carbocycles. The van der Waals surface area contributed by atoms with Crippen molar-refractivity contribution in [3.63, 3.8) is 0 Å². The standard InChI is InChI=1S/C15H29N3O6S/c1-14(21)24-11-15(9-22-12-19,10-23-13-20)16-6-8-25-17-5-4-7-18(2)3/h12-13,16-17H,4-11H2,1-3H3. The van der Waals surface area contributed by atoms with E-state index in [1.807, 2.05) is 14.1 Å². The van der Waals surface area contributed by atoms with Crippen LogP contribution in [0.3, 0.4) is 0 Å². The lowest BCUT2D eigenvalue weighted by atomic mass is 10.0. The Labute approximate surface area is 153 Å². The molecule has 0 aromatic heterocycles. The number of hydrogen-bond donors (Lipinski definition) is 2. The van der Waals surface area contributed by atoms with E-state index in [2.05, 4.69) is 14.9 Å². The van der Waals surface area contributed by atoms with Crippen LogP contribution in [0.25, 0.3) is 0 Å². The lowest BCUT2D eigenvalue weighted by Crippen LogP contribution is -2.57. The summed E-state index contributed by atoms with van der Waals surface area (Å²) in [7, 11) is 4.06.